The van der Waals surface area contributed by atoms with Crippen molar-refractivity contribution in [3.8, 4) is 5.75 Å². The number of hydrogen-bond donors (Lipinski definition) is 6. The molecule has 0 bridgehead atoms. The van der Waals surface area contributed by atoms with E-state index in [0.717, 1.165) is 16.7 Å². The van der Waals surface area contributed by atoms with Gasteiger partial charge in [0.15, 0.2) is 5.78 Å². The molecule has 0 fully saturated rings. The highest BCUT2D eigenvalue weighted by Crippen LogP contribution is 2.48. The van der Waals surface area contributed by atoms with Gasteiger partial charge in [-0.3, -0.25) is 19.2 Å². The minimum atomic E-state index is -0.998. The number of ketones is 1. The first kappa shape index (κ1) is 59.2. The molecule has 0 aliphatic rings. The van der Waals surface area contributed by atoms with Gasteiger partial charge in [0, 0.05) is 37.2 Å². The number of nitrogens with two attached hydrogens (primary N) is 1. The van der Waals surface area contributed by atoms with Crippen LogP contribution in [-0.2, 0) is 39.8 Å². The SMILES string of the molecule is CC(C)(C)OC(=O)N[C@@H](CCNC(=O)Oc1ccc(C[C@H](NC(=O)OC(C)(C)C)C(=O)Nc2ccccc2)cc1)C(=O)CCCCCCC(=O)N[C@@H](CSC(c1ccccc1)(c1ccccc1)c1ccccc1)C(N)=O. The first-order valence-electron chi connectivity index (χ1n) is 25.5. The summed E-state index contributed by atoms with van der Waals surface area (Å²) in [5, 5.41) is 13.6. The molecule has 76 heavy (non-hydrogen) atoms. The van der Waals surface area contributed by atoms with E-state index >= 15 is 0 Å². The molecule has 0 aromatic heterocycles. The van der Waals surface area contributed by atoms with Crippen molar-refractivity contribution in [2.45, 2.75) is 127 Å². The highest BCUT2D eigenvalue weighted by atomic mass is 32.2. The number of hydrogen-bond acceptors (Lipinski definition) is 11. The number of carbonyl (C=O) groups excluding carboxylic acids is 7. The number of primary amides is 1. The lowest BCUT2D eigenvalue weighted by molar-refractivity contribution is -0.126. The van der Waals surface area contributed by atoms with Gasteiger partial charge in [-0.15, -0.1) is 11.8 Å². The Kier molecular flexibility index (Phi) is 22.5. The molecule has 16 nitrogen and oxygen atoms in total. The third-order valence-corrected chi connectivity index (χ3v) is 13.3. The number of carbonyl (C=O) groups is 7. The van der Waals surface area contributed by atoms with Gasteiger partial charge >= 0.3 is 18.3 Å². The molecule has 3 atom stereocenters. The normalized spacial score (nSPS) is 12.7. The maximum Gasteiger partial charge on any atom is 0.412 e. The second kappa shape index (κ2) is 28.9. The first-order chi connectivity index (χ1) is 36.2. The van der Waals surface area contributed by atoms with Crippen LogP contribution in [0.3, 0.4) is 0 Å². The lowest BCUT2D eigenvalue weighted by Crippen LogP contribution is -2.47. The summed E-state index contributed by atoms with van der Waals surface area (Å²) in [6.45, 7) is 10.3. The van der Waals surface area contributed by atoms with Crippen molar-refractivity contribution in [1.29, 1.82) is 0 Å². The summed E-state index contributed by atoms with van der Waals surface area (Å²) in [4.78, 5) is 91.2. The van der Waals surface area contributed by atoms with E-state index in [4.69, 9.17) is 19.9 Å². The molecule has 6 amide bonds. The number of rotatable bonds is 26. The first-order valence-corrected chi connectivity index (χ1v) is 26.5. The average molecular weight is 1060 g/mol. The summed E-state index contributed by atoms with van der Waals surface area (Å²) in [5.74, 6) is -1.25. The fraction of sp³-hybridized carbons (Fsp3) is 0.373. The van der Waals surface area contributed by atoms with Gasteiger partial charge in [-0.05, 0) is 107 Å². The molecule has 7 N–H and O–H groups in total. The maximum atomic E-state index is 13.5. The van der Waals surface area contributed by atoms with E-state index in [1.807, 2.05) is 60.7 Å². The number of thioether (sulfide) groups is 1. The topological polar surface area (TPSA) is 233 Å². The van der Waals surface area contributed by atoms with E-state index in [9.17, 15) is 33.6 Å². The van der Waals surface area contributed by atoms with Gasteiger partial charge in [-0.25, -0.2) is 14.4 Å². The van der Waals surface area contributed by atoms with Crippen molar-refractivity contribution in [3.63, 3.8) is 0 Å². The van der Waals surface area contributed by atoms with Crippen LogP contribution >= 0.6 is 11.8 Å². The monoisotopic (exact) mass is 1060 g/mol. The molecule has 0 radical (unpaired) electrons. The highest BCUT2D eigenvalue weighted by molar-refractivity contribution is 8.00. The Labute approximate surface area is 450 Å². The van der Waals surface area contributed by atoms with Crippen LogP contribution in [0.25, 0.3) is 0 Å². The molecule has 0 aliphatic carbocycles. The summed E-state index contributed by atoms with van der Waals surface area (Å²) >= 11 is 1.53. The molecule has 0 saturated heterocycles. The van der Waals surface area contributed by atoms with Crippen LogP contribution in [0.1, 0.15) is 109 Å². The number of para-hydroxylation sites is 1. The van der Waals surface area contributed by atoms with E-state index < -0.39 is 64.2 Å². The Morgan fingerprint density at radius 1 is 0.539 bits per heavy atom. The number of nitrogens with one attached hydrogen (secondary N) is 5. The van der Waals surface area contributed by atoms with Crippen LogP contribution in [0.5, 0.6) is 5.75 Å². The van der Waals surface area contributed by atoms with Gasteiger partial charge in [0.25, 0.3) is 0 Å². The Hall–Kier alpha value is -7.66. The number of Topliss-reactive ketones (excluding diaryl/α,β-unsaturated/α-hetero) is 1. The van der Waals surface area contributed by atoms with Crippen molar-refractivity contribution < 1.29 is 47.8 Å². The van der Waals surface area contributed by atoms with Gasteiger partial charge < -0.3 is 46.5 Å². The minimum Gasteiger partial charge on any atom is -0.444 e. The Morgan fingerprint density at radius 3 is 1.50 bits per heavy atom. The summed E-state index contributed by atoms with van der Waals surface area (Å²) in [7, 11) is 0. The molecule has 0 spiro atoms. The zero-order valence-electron chi connectivity index (χ0n) is 44.2. The predicted octanol–water partition coefficient (Wildman–Crippen LogP) is 9.74. The van der Waals surface area contributed by atoms with Crippen molar-refractivity contribution in [3.05, 3.63) is 168 Å². The van der Waals surface area contributed by atoms with E-state index in [2.05, 4.69) is 63.0 Å². The lowest BCUT2D eigenvalue weighted by atomic mass is 9.84. The fourth-order valence-electron chi connectivity index (χ4n) is 8.12. The van der Waals surface area contributed by atoms with Gasteiger partial charge in [-0.1, -0.05) is 134 Å². The number of benzene rings is 5. The van der Waals surface area contributed by atoms with Crippen LogP contribution in [0.15, 0.2) is 146 Å². The zero-order valence-corrected chi connectivity index (χ0v) is 45.0. The summed E-state index contributed by atoms with van der Waals surface area (Å²) < 4.78 is 15.6. The molecular weight excluding hydrogens is 985 g/mol. The van der Waals surface area contributed by atoms with Crippen LogP contribution in [0, 0.1) is 0 Å². The van der Waals surface area contributed by atoms with Crippen molar-refractivity contribution >= 4 is 59.2 Å². The smallest absolute Gasteiger partial charge is 0.412 e. The molecule has 5 aromatic rings. The van der Waals surface area contributed by atoms with Crippen LogP contribution < -0.4 is 37.1 Å². The highest BCUT2D eigenvalue weighted by Gasteiger charge is 2.38. The Bertz CT molecular complexity index is 2570. The second-order valence-electron chi connectivity index (χ2n) is 20.2. The molecule has 404 valence electrons. The van der Waals surface area contributed by atoms with Gasteiger partial charge in [0.1, 0.15) is 29.0 Å². The van der Waals surface area contributed by atoms with Gasteiger partial charge in [-0.2, -0.15) is 0 Å². The minimum absolute atomic E-state index is 0.0245. The van der Waals surface area contributed by atoms with E-state index in [1.54, 1.807) is 90.1 Å². The molecule has 0 saturated carbocycles. The zero-order chi connectivity index (χ0) is 55.1. The fourth-order valence-corrected chi connectivity index (χ4v) is 9.69. The molecule has 17 heteroatoms. The van der Waals surface area contributed by atoms with Crippen LogP contribution in [-0.4, -0.2) is 83.4 Å². The lowest BCUT2D eigenvalue weighted by Gasteiger charge is -2.36. The molecule has 0 aliphatic heterocycles. The number of amides is 6. The molecular formula is C59H72N6O10S. The summed E-state index contributed by atoms with van der Waals surface area (Å²) in [6, 6.07) is 42.4. The van der Waals surface area contributed by atoms with Crippen LogP contribution in [0.4, 0.5) is 20.1 Å². The van der Waals surface area contributed by atoms with Gasteiger partial charge in [0.05, 0.1) is 10.8 Å². The standard InChI is InChI=1S/C59H72N6O10S/c1-57(2,3)74-55(71)64-47(37-38-61-54(70)73-46-35-33-41(34-36-46)39-48(65-56(72)75-58(4,5)6)53(69)62-45-29-19-12-20-30-45)50(66)31-21-7-8-22-32-51(67)63-49(52(60)68)40-76-59(42-23-13-9-14-24-42,43-25-15-10-16-26-43)44-27-17-11-18-28-44/h9-20,23-30,33-36,47-49H,7-8,21-22,31-32,37-40H2,1-6H3,(H2,60,68)(H,61,70)(H,62,69)(H,63,67)(H,64,71)(H,65,72)/t47-,48-,49-/m0/s1. The number of unbranched alkanes of at least 4 members (excludes halogenated alkanes) is 3. The summed E-state index contributed by atoms with van der Waals surface area (Å²) in [5.41, 5.74) is 8.55. The van der Waals surface area contributed by atoms with Crippen molar-refractivity contribution in [1.82, 2.24) is 21.3 Å². The van der Waals surface area contributed by atoms with Crippen molar-refractivity contribution in [2.75, 3.05) is 17.6 Å². The molecule has 5 aromatic carbocycles. The third kappa shape index (κ3) is 19.9. The van der Waals surface area contributed by atoms with E-state index in [0.29, 0.717) is 36.9 Å². The molecule has 0 heterocycles. The second-order valence-corrected chi connectivity index (χ2v) is 21.4. The largest absolute Gasteiger partial charge is 0.444 e. The number of ether oxygens (including phenoxy) is 3. The quantitative estimate of drug-likeness (QED) is 0.0225. The summed E-state index contributed by atoms with van der Waals surface area (Å²) in [6.07, 6.45) is 0.324. The molecule has 0 unspecified atom stereocenters. The number of alkyl carbamates (subject to hydrolysis) is 2. The predicted molar refractivity (Wildman–Crippen MR) is 296 cm³/mol. The average Bonchev–Trinajstić information content (AvgIpc) is 3.37. The van der Waals surface area contributed by atoms with Crippen molar-refractivity contribution in [2.24, 2.45) is 5.73 Å². The Morgan fingerprint density at radius 2 is 1.01 bits per heavy atom. The maximum absolute atomic E-state index is 13.5. The Balaban J connectivity index is 1.09. The van der Waals surface area contributed by atoms with Crippen LogP contribution in [0.2, 0.25) is 0 Å². The third-order valence-electron chi connectivity index (χ3n) is 11.7. The number of anilines is 1. The van der Waals surface area contributed by atoms with Gasteiger partial charge in [0.2, 0.25) is 17.7 Å². The van der Waals surface area contributed by atoms with E-state index in [-0.39, 0.29) is 55.4 Å². The molecule has 5 rings (SSSR count). The van der Waals surface area contributed by atoms with E-state index in [1.165, 1.54) is 11.8 Å².